The molecule has 1 amide bonds. The fraction of sp³-hybridized carbons (Fsp3) is 0.588. The van der Waals surface area contributed by atoms with Crippen LogP contribution in [0.4, 0.5) is 0 Å². The number of hydrogen-bond acceptors (Lipinski definition) is 2. The lowest BCUT2D eigenvalue weighted by atomic mass is 9.96. The number of benzene rings is 1. The van der Waals surface area contributed by atoms with Gasteiger partial charge in [0.05, 0.1) is 5.92 Å². The molecule has 2 fully saturated rings. The van der Waals surface area contributed by atoms with Gasteiger partial charge in [-0.05, 0) is 49.9 Å². The maximum absolute atomic E-state index is 12.5. The summed E-state index contributed by atoms with van der Waals surface area (Å²) in [6.45, 7) is 4.79. The summed E-state index contributed by atoms with van der Waals surface area (Å²) >= 11 is 6.05. The van der Waals surface area contributed by atoms with E-state index >= 15 is 0 Å². The van der Waals surface area contributed by atoms with Gasteiger partial charge in [-0.25, -0.2) is 0 Å². The van der Waals surface area contributed by atoms with E-state index in [2.05, 4.69) is 15.9 Å². The Morgan fingerprint density at radius 1 is 1.19 bits per heavy atom. The summed E-state index contributed by atoms with van der Waals surface area (Å²) in [6.07, 6.45) is 4.50. The fourth-order valence-electron chi connectivity index (χ4n) is 3.49. The SMILES string of the molecule is O=C(C1CCCN(Cc2cccc(Cl)c2)C1)N1CCCC1. The van der Waals surface area contributed by atoms with Gasteiger partial charge in [0.25, 0.3) is 0 Å². The molecule has 1 aromatic carbocycles. The van der Waals surface area contributed by atoms with Crippen molar-refractivity contribution in [3.8, 4) is 0 Å². The van der Waals surface area contributed by atoms with Gasteiger partial charge in [0.2, 0.25) is 5.91 Å². The Hall–Kier alpha value is -1.06. The van der Waals surface area contributed by atoms with Crippen LogP contribution in [-0.4, -0.2) is 41.9 Å². The average Bonchev–Trinajstić information content (AvgIpc) is 3.01. The van der Waals surface area contributed by atoms with Gasteiger partial charge in [-0.15, -0.1) is 0 Å². The van der Waals surface area contributed by atoms with Gasteiger partial charge in [-0.3, -0.25) is 9.69 Å². The molecule has 0 bridgehead atoms. The fourth-order valence-corrected chi connectivity index (χ4v) is 3.70. The van der Waals surface area contributed by atoms with Crippen molar-refractivity contribution < 1.29 is 4.79 Å². The zero-order valence-electron chi connectivity index (χ0n) is 12.4. The first-order chi connectivity index (χ1) is 10.2. The number of carbonyl (C=O) groups is 1. The van der Waals surface area contributed by atoms with Crippen molar-refractivity contribution in [3.05, 3.63) is 34.9 Å². The van der Waals surface area contributed by atoms with Crippen molar-refractivity contribution in [3.63, 3.8) is 0 Å². The third-order valence-corrected chi connectivity index (χ3v) is 4.80. The van der Waals surface area contributed by atoms with Gasteiger partial charge in [0.1, 0.15) is 0 Å². The van der Waals surface area contributed by atoms with E-state index in [1.807, 2.05) is 18.2 Å². The largest absolute Gasteiger partial charge is 0.342 e. The Morgan fingerprint density at radius 3 is 2.76 bits per heavy atom. The summed E-state index contributed by atoms with van der Waals surface area (Å²) in [5.74, 6) is 0.569. The van der Waals surface area contributed by atoms with Crippen LogP contribution in [0.5, 0.6) is 0 Å². The molecule has 0 N–H and O–H groups in total. The topological polar surface area (TPSA) is 23.6 Å². The predicted molar refractivity (Wildman–Crippen MR) is 85.3 cm³/mol. The van der Waals surface area contributed by atoms with Crippen molar-refractivity contribution in [2.75, 3.05) is 26.2 Å². The number of nitrogens with zero attached hydrogens (tertiary/aromatic N) is 2. The Bertz CT molecular complexity index is 499. The monoisotopic (exact) mass is 306 g/mol. The molecule has 1 aromatic rings. The lowest BCUT2D eigenvalue weighted by Crippen LogP contribution is -2.43. The van der Waals surface area contributed by atoms with E-state index in [0.717, 1.165) is 50.6 Å². The maximum Gasteiger partial charge on any atom is 0.226 e. The van der Waals surface area contributed by atoms with Crippen molar-refractivity contribution in [1.82, 2.24) is 9.80 Å². The Morgan fingerprint density at radius 2 is 2.00 bits per heavy atom. The molecule has 1 atom stereocenters. The third-order valence-electron chi connectivity index (χ3n) is 4.57. The number of halogens is 1. The first kappa shape index (κ1) is 14.9. The van der Waals surface area contributed by atoms with Crippen LogP contribution in [0.2, 0.25) is 5.02 Å². The second-order valence-corrected chi connectivity index (χ2v) is 6.67. The number of rotatable bonds is 3. The molecule has 0 aromatic heterocycles. The van der Waals surface area contributed by atoms with Crippen LogP contribution in [0.25, 0.3) is 0 Å². The van der Waals surface area contributed by atoms with Crippen LogP contribution in [-0.2, 0) is 11.3 Å². The average molecular weight is 307 g/mol. The smallest absolute Gasteiger partial charge is 0.226 e. The number of hydrogen-bond donors (Lipinski definition) is 0. The number of piperidine rings is 1. The van der Waals surface area contributed by atoms with E-state index in [9.17, 15) is 4.79 Å². The maximum atomic E-state index is 12.5. The summed E-state index contributed by atoms with van der Waals surface area (Å²) in [5, 5.41) is 0.786. The number of likely N-dealkylation sites (tertiary alicyclic amines) is 2. The van der Waals surface area contributed by atoms with Gasteiger partial charge in [-0.2, -0.15) is 0 Å². The van der Waals surface area contributed by atoms with E-state index in [1.165, 1.54) is 18.4 Å². The highest BCUT2D eigenvalue weighted by Gasteiger charge is 2.30. The van der Waals surface area contributed by atoms with Crippen molar-refractivity contribution >= 4 is 17.5 Å². The minimum atomic E-state index is 0.191. The van der Waals surface area contributed by atoms with Crippen LogP contribution >= 0.6 is 11.6 Å². The van der Waals surface area contributed by atoms with Crippen molar-refractivity contribution in [2.24, 2.45) is 5.92 Å². The van der Waals surface area contributed by atoms with E-state index in [-0.39, 0.29) is 5.92 Å². The van der Waals surface area contributed by atoms with E-state index < -0.39 is 0 Å². The third kappa shape index (κ3) is 3.78. The minimum absolute atomic E-state index is 0.191. The molecule has 3 rings (SSSR count). The molecule has 0 spiro atoms. The Balaban J connectivity index is 1.59. The zero-order valence-corrected chi connectivity index (χ0v) is 13.2. The highest BCUT2D eigenvalue weighted by molar-refractivity contribution is 6.30. The standard InChI is InChI=1S/C17H23ClN2O/c18-16-7-3-5-14(11-16)12-19-8-4-6-15(13-19)17(21)20-9-1-2-10-20/h3,5,7,11,15H,1-2,4,6,8-10,12-13H2. The van der Waals surface area contributed by atoms with Crippen LogP contribution in [0.15, 0.2) is 24.3 Å². The summed E-state index contributed by atoms with van der Waals surface area (Å²) in [7, 11) is 0. The lowest BCUT2D eigenvalue weighted by molar-refractivity contribution is -0.136. The highest BCUT2D eigenvalue weighted by Crippen LogP contribution is 2.23. The molecule has 21 heavy (non-hydrogen) atoms. The molecule has 2 heterocycles. The molecule has 4 heteroatoms. The van der Waals surface area contributed by atoms with Gasteiger partial charge >= 0.3 is 0 Å². The molecule has 2 aliphatic rings. The van der Waals surface area contributed by atoms with Gasteiger partial charge in [0.15, 0.2) is 0 Å². The summed E-state index contributed by atoms with van der Waals surface area (Å²) in [4.78, 5) is 17.0. The molecular formula is C17H23ClN2O. The van der Waals surface area contributed by atoms with Crippen LogP contribution in [0, 0.1) is 5.92 Å². The normalized spacial score (nSPS) is 23.5. The van der Waals surface area contributed by atoms with E-state index in [1.54, 1.807) is 0 Å². The first-order valence-electron chi connectivity index (χ1n) is 7.98. The molecule has 2 aliphatic heterocycles. The van der Waals surface area contributed by atoms with Crippen molar-refractivity contribution in [1.29, 1.82) is 0 Å². The van der Waals surface area contributed by atoms with Crippen molar-refractivity contribution in [2.45, 2.75) is 32.2 Å². The van der Waals surface area contributed by atoms with Crippen LogP contribution < -0.4 is 0 Å². The molecule has 0 aliphatic carbocycles. The molecule has 114 valence electrons. The summed E-state index contributed by atoms with van der Waals surface area (Å²) in [6, 6.07) is 8.03. The van der Waals surface area contributed by atoms with Gasteiger partial charge < -0.3 is 4.90 Å². The minimum Gasteiger partial charge on any atom is -0.342 e. The Kier molecular flexibility index (Phi) is 4.81. The predicted octanol–water partition coefficient (Wildman–Crippen LogP) is 3.17. The zero-order chi connectivity index (χ0) is 14.7. The second-order valence-electron chi connectivity index (χ2n) is 6.24. The molecule has 2 saturated heterocycles. The van der Waals surface area contributed by atoms with E-state index in [0.29, 0.717) is 5.91 Å². The summed E-state index contributed by atoms with van der Waals surface area (Å²) in [5.41, 5.74) is 1.23. The molecular weight excluding hydrogens is 284 g/mol. The molecule has 0 radical (unpaired) electrons. The number of amides is 1. The molecule has 0 saturated carbocycles. The van der Waals surface area contributed by atoms with Crippen LogP contribution in [0.1, 0.15) is 31.2 Å². The quantitative estimate of drug-likeness (QED) is 0.856. The highest BCUT2D eigenvalue weighted by atomic mass is 35.5. The lowest BCUT2D eigenvalue weighted by Gasteiger charge is -2.34. The number of carbonyl (C=O) groups excluding carboxylic acids is 1. The molecule has 3 nitrogen and oxygen atoms in total. The van der Waals surface area contributed by atoms with Crippen LogP contribution in [0.3, 0.4) is 0 Å². The summed E-state index contributed by atoms with van der Waals surface area (Å²) < 4.78 is 0. The Labute approximate surface area is 131 Å². The molecule has 1 unspecified atom stereocenters. The second kappa shape index (κ2) is 6.80. The first-order valence-corrected chi connectivity index (χ1v) is 8.36. The van der Waals surface area contributed by atoms with Gasteiger partial charge in [0, 0.05) is 31.2 Å². The van der Waals surface area contributed by atoms with Gasteiger partial charge in [-0.1, -0.05) is 23.7 Å². The van der Waals surface area contributed by atoms with E-state index in [4.69, 9.17) is 11.6 Å².